The van der Waals surface area contributed by atoms with Crippen molar-refractivity contribution < 1.29 is 14.3 Å². The first-order chi connectivity index (χ1) is 13.1. The highest BCUT2D eigenvalue weighted by atomic mass is 79.9. The summed E-state index contributed by atoms with van der Waals surface area (Å²) in [7, 11) is 3.25. The van der Waals surface area contributed by atoms with E-state index in [4.69, 9.17) is 9.47 Å². The number of carbonyl (C=O) groups is 1. The van der Waals surface area contributed by atoms with E-state index >= 15 is 0 Å². The Labute approximate surface area is 166 Å². The number of amides is 1. The minimum atomic E-state index is -0.165. The van der Waals surface area contributed by atoms with Crippen LogP contribution in [0, 0.1) is 0 Å². The number of hydrogen-bond donors (Lipinski definition) is 2. The lowest BCUT2D eigenvalue weighted by Gasteiger charge is -2.08. The van der Waals surface area contributed by atoms with Gasteiger partial charge in [0.1, 0.15) is 11.5 Å². The molecule has 0 fully saturated rings. The quantitative estimate of drug-likeness (QED) is 0.598. The average Bonchev–Trinajstić information content (AvgIpc) is 3.18. The Kier molecular flexibility index (Phi) is 6.13. The number of carbonyl (C=O) groups excluding carboxylic acids is 1. The molecule has 140 valence electrons. The zero-order valence-corrected chi connectivity index (χ0v) is 16.7. The Hall–Kier alpha value is -2.80. The van der Waals surface area contributed by atoms with Crippen molar-refractivity contribution in [1.29, 1.82) is 0 Å². The predicted molar refractivity (Wildman–Crippen MR) is 107 cm³/mol. The van der Waals surface area contributed by atoms with E-state index in [1.807, 2.05) is 42.5 Å². The number of H-pyrrole nitrogens is 1. The molecule has 1 aromatic heterocycles. The Morgan fingerprint density at radius 2 is 1.93 bits per heavy atom. The molecule has 0 saturated heterocycles. The van der Waals surface area contributed by atoms with Crippen LogP contribution in [0.1, 0.15) is 15.9 Å². The van der Waals surface area contributed by atoms with E-state index in [0.717, 1.165) is 27.1 Å². The summed E-state index contributed by atoms with van der Waals surface area (Å²) >= 11 is 3.47. The van der Waals surface area contributed by atoms with E-state index in [1.165, 1.54) is 0 Å². The highest BCUT2D eigenvalue weighted by molar-refractivity contribution is 9.10. The monoisotopic (exact) mass is 429 g/mol. The summed E-state index contributed by atoms with van der Waals surface area (Å²) in [5, 5.41) is 9.86. The Morgan fingerprint density at radius 3 is 2.59 bits per heavy atom. The van der Waals surface area contributed by atoms with Crippen LogP contribution in [0.5, 0.6) is 11.5 Å². The molecule has 0 spiro atoms. The van der Waals surface area contributed by atoms with Crippen LogP contribution in [0.4, 0.5) is 0 Å². The van der Waals surface area contributed by atoms with Crippen molar-refractivity contribution in [2.75, 3.05) is 20.8 Å². The number of benzene rings is 2. The van der Waals surface area contributed by atoms with Gasteiger partial charge in [-0.15, -0.1) is 0 Å². The molecular weight excluding hydrogens is 410 g/mol. The minimum absolute atomic E-state index is 0.165. The molecule has 7 heteroatoms. The molecule has 0 atom stereocenters. The summed E-state index contributed by atoms with van der Waals surface area (Å²) in [4.78, 5) is 12.6. The van der Waals surface area contributed by atoms with E-state index in [0.29, 0.717) is 24.2 Å². The summed E-state index contributed by atoms with van der Waals surface area (Å²) in [6.07, 6.45) is 2.25. The van der Waals surface area contributed by atoms with Gasteiger partial charge in [-0.05, 0) is 64.3 Å². The van der Waals surface area contributed by atoms with Crippen LogP contribution in [0.15, 0.2) is 53.1 Å². The van der Waals surface area contributed by atoms with Gasteiger partial charge in [0.2, 0.25) is 0 Å². The number of aromatic nitrogens is 2. The number of nitrogens with one attached hydrogen (secondary N) is 2. The highest BCUT2D eigenvalue weighted by Gasteiger charge is 2.15. The van der Waals surface area contributed by atoms with Gasteiger partial charge in [-0.2, -0.15) is 5.10 Å². The summed E-state index contributed by atoms with van der Waals surface area (Å²) in [5.74, 6) is 1.38. The maximum Gasteiger partial charge on any atom is 0.255 e. The summed E-state index contributed by atoms with van der Waals surface area (Å²) < 4.78 is 11.3. The fraction of sp³-hybridized carbons (Fsp3) is 0.200. The maximum atomic E-state index is 12.6. The average molecular weight is 430 g/mol. The summed E-state index contributed by atoms with van der Waals surface area (Å²) in [6, 6.07) is 13.3. The minimum Gasteiger partial charge on any atom is -0.497 e. The third kappa shape index (κ3) is 4.49. The molecule has 27 heavy (non-hydrogen) atoms. The van der Waals surface area contributed by atoms with Gasteiger partial charge in [-0.25, -0.2) is 0 Å². The second-order valence-corrected chi connectivity index (χ2v) is 6.72. The first-order valence-corrected chi connectivity index (χ1v) is 9.20. The maximum absolute atomic E-state index is 12.6. The third-order valence-corrected chi connectivity index (χ3v) is 4.80. The van der Waals surface area contributed by atoms with Gasteiger partial charge in [0, 0.05) is 12.1 Å². The first kappa shape index (κ1) is 19.0. The Balaban J connectivity index is 1.63. The van der Waals surface area contributed by atoms with Crippen molar-refractivity contribution in [2.24, 2.45) is 0 Å². The fourth-order valence-electron chi connectivity index (χ4n) is 2.72. The van der Waals surface area contributed by atoms with E-state index in [2.05, 4.69) is 31.4 Å². The van der Waals surface area contributed by atoms with Crippen LogP contribution in [-0.4, -0.2) is 36.9 Å². The second-order valence-electron chi connectivity index (χ2n) is 5.86. The molecule has 2 aromatic carbocycles. The largest absolute Gasteiger partial charge is 0.497 e. The second kappa shape index (κ2) is 8.73. The lowest BCUT2D eigenvalue weighted by molar-refractivity contribution is 0.0955. The summed E-state index contributed by atoms with van der Waals surface area (Å²) in [5.41, 5.74) is 3.17. The van der Waals surface area contributed by atoms with Crippen molar-refractivity contribution in [3.63, 3.8) is 0 Å². The molecule has 0 radical (unpaired) electrons. The van der Waals surface area contributed by atoms with Crippen LogP contribution in [-0.2, 0) is 6.42 Å². The van der Waals surface area contributed by atoms with E-state index < -0.39 is 0 Å². The first-order valence-electron chi connectivity index (χ1n) is 8.40. The number of rotatable bonds is 7. The summed E-state index contributed by atoms with van der Waals surface area (Å²) in [6.45, 7) is 0.519. The number of ether oxygens (including phenoxy) is 2. The number of aromatic amines is 1. The Bertz CT molecular complexity index is 922. The van der Waals surface area contributed by atoms with Crippen molar-refractivity contribution in [2.45, 2.75) is 6.42 Å². The smallest absolute Gasteiger partial charge is 0.255 e. The molecule has 1 heterocycles. The molecule has 3 aromatic rings. The molecule has 6 nitrogen and oxygen atoms in total. The lowest BCUT2D eigenvalue weighted by Crippen LogP contribution is -2.25. The molecule has 0 aliphatic carbocycles. The zero-order valence-electron chi connectivity index (χ0n) is 15.1. The van der Waals surface area contributed by atoms with E-state index in [9.17, 15) is 4.79 Å². The Morgan fingerprint density at radius 1 is 1.15 bits per heavy atom. The standard InChI is InChI=1S/C20H20BrN3O3/c1-26-15-6-4-14(5-7-15)19-16(12-23-24-19)20(25)22-10-9-13-3-8-18(27-2)17(21)11-13/h3-8,11-12H,9-10H2,1-2H3,(H,22,25)(H,23,24). The fourth-order valence-corrected chi connectivity index (χ4v) is 3.31. The predicted octanol–water partition coefficient (Wildman–Crippen LogP) is 3.83. The molecule has 0 aliphatic rings. The van der Waals surface area contributed by atoms with Crippen molar-refractivity contribution in [3.8, 4) is 22.8 Å². The van der Waals surface area contributed by atoms with Gasteiger partial charge in [-0.1, -0.05) is 6.07 Å². The van der Waals surface area contributed by atoms with Gasteiger partial charge in [0.15, 0.2) is 0 Å². The molecule has 0 bridgehead atoms. The molecule has 3 rings (SSSR count). The van der Waals surface area contributed by atoms with E-state index in [1.54, 1.807) is 20.4 Å². The highest BCUT2D eigenvalue weighted by Crippen LogP contribution is 2.26. The van der Waals surface area contributed by atoms with Gasteiger partial charge in [0.25, 0.3) is 5.91 Å². The van der Waals surface area contributed by atoms with Gasteiger partial charge in [-0.3, -0.25) is 9.89 Å². The number of nitrogens with zero attached hydrogens (tertiary/aromatic N) is 1. The normalized spacial score (nSPS) is 10.5. The molecule has 0 saturated carbocycles. The van der Waals surface area contributed by atoms with Crippen LogP contribution in [0.25, 0.3) is 11.3 Å². The van der Waals surface area contributed by atoms with Crippen LogP contribution in [0.2, 0.25) is 0 Å². The van der Waals surface area contributed by atoms with Crippen LogP contribution in [0.3, 0.4) is 0 Å². The molecule has 0 unspecified atom stereocenters. The molecular formula is C20H20BrN3O3. The molecule has 1 amide bonds. The number of methoxy groups -OCH3 is 2. The van der Waals surface area contributed by atoms with Crippen molar-refractivity contribution in [3.05, 3.63) is 64.3 Å². The topological polar surface area (TPSA) is 76.2 Å². The van der Waals surface area contributed by atoms with Crippen LogP contribution >= 0.6 is 15.9 Å². The van der Waals surface area contributed by atoms with Crippen molar-refractivity contribution in [1.82, 2.24) is 15.5 Å². The van der Waals surface area contributed by atoms with E-state index in [-0.39, 0.29) is 5.91 Å². The third-order valence-electron chi connectivity index (χ3n) is 4.18. The molecule has 2 N–H and O–H groups in total. The number of halogens is 1. The lowest BCUT2D eigenvalue weighted by atomic mass is 10.1. The van der Waals surface area contributed by atoms with Gasteiger partial charge < -0.3 is 14.8 Å². The molecule has 0 aliphatic heterocycles. The van der Waals surface area contributed by atoms with Crippen molar-refractivity contribution >= 4 is 21.8 Å². The van der Waals surface area contributed by atoms with Gasteiger partial charge in [0.05, 0.1) is 36.1 Å². The SMILES string of the molecule is COc1ccc(-c2[nH]ncc2C(=O)NCCc2ccc(OC)c(Br)c2)cc1. The van der Waals surface area contributed by atoms with Crippen LogP contribution < -0.4 is 14.8 Å². The number of hydrogen-bond acceptors (Lipinski definition) is 4. The zero-order chi connectivity index (χ0) is 19.2. The van der Waals surface area contributed by atoms with Gasteiger partial charge >= 0.3 is 0 Å².